The Morgan fingerprint density at radius 1 is 1.06 bits per heavy atom. The molecular weight excluding hydrogens is 414 g/mol. The van der Waals surface area contributed by atoms with Crippen molar-refractivity contribution in [2.45, 2.75) is 39.3 Å². The maximum absolute atomic E-state index is 10.1. The van der Waals surface area contributed by atoms with Crippen molar-refractivity contribution in [1.29, 1.82) is 5.26 Å². The Kier molecular flexibility index (Phi) is 7.81. The summed E-state index contributed by atoms with van der Waals surface area (Å²) in [6, 6.07) is 12.9. The minimum Gasteiger partial charge on any atom is -0.395 e. The van der Waals surface area contributed by atoms with Gasteiger partial charge in [-0.1, -0.05) is 37.3 Å². The van der Waals surface area contributed by atoms with E-state index in [1.54, 1.807) is 0 Å². The number of hydrogen-bond donors (Lipinski definition) is 2. The summed E-state index contributed by atoms with van der Waals surface area (Å²) < 4.78 is 0. The summed E-state index contributed by atoms with van der Waals surface area (Å²) in [5.74, 6) is 2.29. The maximum atomic E-state index is 10.1. The highest BCUT2D eigenvalue weighted by Gasteiger charge is 2.30. The van der Waals surface area contributed by atoms with E-state index in [-0.39, 0.29) is 13.2 Å². The maximum Gasteiger partial charge on any atom is 0.149 e. The number of pyridine rings is 1. The fourth-order valence-electron chi connectivity index (χ4n) is 5.03. The second-order valence-corrected chi connectivity index (χ2v) is 9.25. The summed E-state index contributed by atoms with van der Waals surface area (Å²) in [5.41, 5.74) is 4.14. The fraction of sp³-hybridized carbons (Fsp3) is 0.538. The second kappa shape index (κ2) is 11.0. The Morgan fingerprint density at radius 2 is 1.76 bits per heavy atom. The highest BCUT2D eigenvalue weighted by molar-refractivity contribution is 5.68. The first-order valence-corrected chi connectivity index (χ1v) is 12.1. The predicted octanol–water partition coefficient (Wildman–Crippen LogP) is 2.54. The van der Waals surface area contributed by atoms with Crippen molar-refractivity contribution in [1.82, 2.24) is 9.88 Å². The first-order chi connectivity index (χ1) is 16.1. The lowest BCUT2D eigenvalue weighted by Crippen LogP contribution is -2.39. The third-order valence-electron chi connectivity index (χ3n) is 6.91. The van der Waals surface area contributed by atoms with Crippen LogP contribution < -0.4 is 9.80 Å². The summed E-state index contributed by atoms with van der Waals surface area (Å²) in [7, 11) is 0. The molecule has 0 unspecified atom stereocenters. The van der Waals surface area contributed by atoms with Gasteiger partial charge in [-0.3, -0.25) is 4.90 Å². The summed E-state index contributed by atoms with van der Waals surface area (Å²) in [5, 5.41) is 29.3. The molecule has 1 fully saturated rings. The zero-order valence-corrected chi connectivity index (χ0v) is 19.6. The monoisotopic (exact) mass is 449 g/mol. The SMILES string of the molecule is CC1CCN(c2nc(N(CCO)CCO)c(C#N)c3c2CN(Cc2ccccc2)CC3)CC1. The third-order valence-corrected chi connectivity index (χ3v) is 6.91. The van der Waals surface area contributed by atoms with E-state index < -0.39 is 0 Å². The molecule has 2 N–H and O–H groups in total. The molecule has 1 aromatic carbocycles. The molecule has 0 radical (unpaired) electrons. The van der Waals surface area contributed by atoms with Crippen molar-refractivity contribution in [3.05, 3.63) is 52.6 Å². The van der Waals surface area contributed by atoms with Crippen LogP contribution in [0.5, 0.6) is 0 Å². The summed E-state index contributed by atoms with van der Waals surface area (Å²) in [4.78, 5) is 11.7. The van der Waals surface area contributed by atoms with Crippen LogP contribution in [-0.2, 0) is 19.5 Å². The Bertz CT molecular complexity index is 961. The van der Waals surface area contributed by atoms with Gasteiger partial charge >= 0.3 is 0 Å². The fourth-order valence-corrected chi connectivity index (χ4v) is 5.03. The van der Waals surface area contributed by atoms with Gasteiger partial charge < -0.3 is 20.0 Å². The van der Waals surface area contributed by atoms with E-state index >= 15 is 0 Å². The molecular formula is C26H35N5O2. The van der Waals surface area contributed by atoms with E-state index in [4.69, 9.17) is 4.98 Å². The van der Waals surface area contributed by atoms with Crippen LogP contribution >= 0.6 is 0 Å². The van der Waals surface area contributed by atoms with Gasteiger partial charge in [0.2, 0.25) is 0 Å². The van der Waals surface area contributed by atoms with Crippen molar-refractivity contribution in [3.8, 4) is 6.07 Å². The van der Waals surface area contributed by atoms with Crippen LogP contribution in [-0.4, -0.2) is 66.0 Å². The molecule has 0 amide bonds. The highest BCUT2D eigenvalue weighted by atomic mass is 16.3. The van der Waals surface area contributed by atoms with Gasteiger partial charge in [0.25, 0.3) is 0 Å². The normalized spacial score (nSPS) is 17.0. The predicted molar refractivity (Wildman–Crippen MR) is 130 cm³/mol. The molecule has 7 nitrogen and oxygen atoms in total. The van der Waals surface area contributed by atoms with Crippen LogP contribution in [0.2, 0.25) is 0 Å². The Hall–Kier alpha value is -2.66. The largest absolute Gasteiger partial charge is 0.395 e. The molecule has 4 rings (SSSR count). The molecule has 1 aromatic heterocycles. The standard InChI is InChI=1S/C26H35N5O2/c1-20-7-11-30(12-8-20)26-24-19-29(18-21-5-3-2-4-6-21)10-9-22(24)23(17-27)25(28-26)31(13-15-32)14-16-33/h2-6,20,32-33H,7-16,18-19H2,1H3. The zero-order valence-electron chi connectivity index (χ0n) is 19.6. The van der Waals surface area contributed by atoms with Crippen LogP contribution in [0.1, 0.15) is 42.0 Å². The molecule has 0 aliphatic carbocycles. The molecule has 2 aromatic rings. The minimum absolute atomic E-state index is 0.0505. The number of aromatic nitrogens is 1. The quantitative estimate of drug-likeness (QED) is 0.640. The van der Waals surface area contributed by atoms with Crippen LogP contribution in [0, 0.1) is 17.2 Å². The molecule has 33 heavy (non-hydrogen) atoms. The first-order valence-electron chi connectivity index (χ1n) is 12.1. The molecule has 0 saturated carbocycles. The molecule has 176 valence electrons. The summed E-state index contributed by atoms with van der Waals surface area (Å²) in [6.45, 7) is 7.35. The lowest BCUT2D eigenvalue weighted by molar-refractivity contribution is 0.245. The van der Waals surface area contributed by atoms with Crippen molar-refractivity contribution in [2.24, 2.45) is 5.92 Å². The number of nitriles is 1. The molecule has 3 heterocycles. The van der Waals surface area contributed by atoms with Gasteiger partial charge in [-0.05, 0) is 36.3 Å². The van der Waals surface area contributed by atoms with Gasteiger partial charge in [0.1, 0.15) is 17.7 Å². The number of fused-ring (bicyclic) bond motifs is 1. The number of anilines is 2. The van der Waals surface area contributed by atoms with Gasteiger partial charge in [-0.25, -0.2) is 4.98 Å². The number of hydrogen-bond acceptors (Lipinski definition) is 7. The number of nitrogens with zero attached hydrogens (tertiary/aromatic N) is 5. The Balaban J connectivity index is 1.74. The van der Waals surface area contributed by atoms with Crippen molar-refractivity contribution in [2.75, 3.05) is 55.7 Å². The van der Waals surface area contributed by atoms with Gasteiger partial charge in [0.15, 0.2) is 0 Å². The molecule has 2 aliphatic rings. The van der Waals surface area contributed by atoms with Crippen LogP contribution in [0.3, 0.4) is 0 Å². The lowest BCUT2D eigenvalue weighted by Gasteiger charge is -2.38. The summed E-state index contributed by atoms with van der Waals surface area (Å²) >= 11 is 0. The number of aliphatic hydroxyl groups is 2. The lowest BCUT2D eigenvalue weighted by atomic mass is 9.93. The van der Waals surface area contributed by atoms with E-state index in [1.165, 1.54) is 11.1 Å². The van der Waals surface area contributed by atoms with Crippen molar-refractivity contribution >= 4 is 11.6 Å². The van der Waals surface area contributed by atoms with Crippen LogP contribution in [0.15, 0.2) is 30.3 Å². The van der Waals surface area contributed by atoms with E-state index in [9.17, 15) is 15.5 Å². The van der Waals surface area contributed by atoms with Gasteiger partial charge in [-0.2, -0.15) is 5.26 Å². The molecule has 0 bridgehead atoms. The second-order valence-electron chi connectivity index (χ2n) is 9.25. The molecule has 0 atom stereocenters. The minimum atomic E-state index is -0.0505. The van der Waals surface area contributed by atoms with E-state index in [0.717, 1.165) is 63.4 Å². The molecule has 7 heteroatoms. The van der Waals surface area contributed by atoms with Crippen molar-refractivity contribution in [3.63, 3.8) is 0 Å². The Labute approximate surface area is 196 Å². The smallest absolute Gasteiger partial charge is 0.149 e. The average molecular weight is 450 g/mol. The zero-order chi connectivity index (χ0) is 23.2. The number of benzene rings is 1. The average Bonchev–Trinajstić information content (AvgIpc) is 2.84. The third kappa shape index (κ3) is 5.30. The van der Waals surface area contributed by atoms with E-state index in [0.29, 0.717) is 30.4 Å². The van der Waals surface area contributed by atoms with E-state index in [2.05, 4.69) is 47.1 Å². The highest BCUT2D eigenvalue weighted by Crippen LogP contribution is 2.36. The molecule has 1 saturated heterocycles. The number of piperidine rings is 1. The van der Waals surface area contributed by atoms with Gasteiger partial charge in [0, 0.05) is 51.4 Å². The summed E-state index contributed by atoms with van der Waals surface area (Å²) in [6.07, 6.45) is 3.07. The van der Waals surface area contributed by atoms with Crippen molar-refractivity contribution < 1.29 is 10.2 Å². The Morgan fingerprint density at radius 3 is 2.39 bits per heavy atom. The number of aliphatic hydroxyl groups excluding tert-OH is 2. The molecule has 0 spiro atoms. The van der Waals surface area contributed by atoms with Crippen LogP contribution in [0.4, 0.5) is 11.6 Å². The van der Waals surface area contributed by atoms with E-state index in [1.807, 2.05) is 11.0 Å². The topological polar surface area (TPSA) is 86.9 Å². The number of rotatable bonds is 8. The van der Waals surface area contributed by atoms with Gasteiger partial charge in [-0.15, -0.1) is 0 Å². The van der Waals surface area contributed by atoms with Crippen LogP contribution in [0.25, 0.3) is 0 Å². The van der Waals surface area contributed by atoms with Gasteiger partial charge in [0.05, 0.1) is 18.8 Å². The first kappa shape index (κ1) is 23.5. The molecule has 2 aliphatic heterocycles.